The Balaban J connectivity index is 1.36. The fourth-order valence-corrected chi connectivity index (χ4v) is 3.01. The van der Waals surface area contributed by atoms with Crippen LogP contribution in [0.3, 0.4) is 0 Å². The Morgan fingerprint density at radius 2 is 2.19 bits per heavy atom. The molecule has 3 rings (SSSR count). The Hall–Kier alpha value is -2.06. The molecule has 7 nitrogen and oxygen atoms in total. The van der Waals surface area contributed by atoms with Crippen LogP contribution in [0.1, 0.15) is 31.1 Å². The van der Waals surface area contributed by atoms with E-state index in [0.29, 0.717) is 19.0 Å². The topological polar surface area (TPSA) is 74.6 Å². The number of aromatic nitrogens is 2. The van der Waals surface area contributed by atoms with Crippen LogP contribution in [0.4, 0.5) is 4.79 Å². The van der Waals surface area contributed by atoms with E-state index >= 15 is 0 Å². The minimum atomic E-state index is -0.474. The molecule has 1 fully saturated rings. The number of carbonyl (C=O) groups excluding carboxylic acids is 1. The molecule has 1 aromatic heterocycles. The van der Waals surface area contributed by atoms with Gasteiger partial charge >= 0.3 is 6.09 Å². The summed E-state index contributed by atoms with van der Waals surface area (Å²) in [5, 5.41) is 7.06. The van der Waals surface area contributed by atoms with Gasteiger partial charge in [-0.1, -0.05) is 30.3 Å². The molecule has 2 aromatic rings. The zero-order chi connectivity index (χ0) is 18.2. The van der Waals surface area contributed by atoms with Gasteiger partial charge in [0.15, 0.2) is 0 Å². The van der Waals surface area contributed by atoms with Gasteiger partial charge in [0.05, 0.1) is 11.0 Å². The molecule has 0 saturated carbocycles. The van der Waals surface area contributed by atoms with Crippen LogP contribution in [0.2, 0.25) is 0 Å². The molecule has 1 atom stereocenters. The summed E-state index contributed by atoms with van der Waals surface area (Å²) in [5.41, 5.74) is 0.943. The summed E-state index contributed by atoms with van der Waals surface area (Å²) in [6.07, 6.45) is 4.51. The van der Waals surface area contributed by atoms with Crippen LogP contribution in [-0.2, 0) is 16.1 Å². The predicted octanol–water partition coefficient (Wildman–Crippen LogP) is 3.65. The second kappa shape index (κ2) is 9.59. The van der Waals surface area contributed by atoms with Gasteiger partial charge in [-0.2, -0.15) is 0 Å². The lowest BCUT2D eigenvalue weighted by atomic mass is 10.2. The molecule has 0 spiro atoms. The number of hydrogen-bond acceptors (Lipinski definition) is 5. The van der Waals surface area contributed by atoms with Gasteiger partial charge in [-0.3, -0.25) is 0 Å². The van der Waals surface area contributed by atoms with Crippen LogP contribution >= 0.6 is 15.9 Å². The third-order valence-electron chi connectivity index (χ3n) is 3.93. The van der Waals surface area contributed by atoms with Crippen molar-refractivity contribution in [1.82, 2.24) is 15.1 Å². The highest BCUT2D eigenvalue weighted by atomic mass is 79.9. The lowest BCUT2D eigenvalue weighted by Crippen LogP contribution is -2.28. The van der Waals surface area contributed by atoms with Gasteiger partial charge in [0.2, 0.25) is 5.88 Å². The highest BCUT2D eigenvalue weighted by Gasteiger charge is 2.19. The first-order valence-electron chi connectivity index (χ1n) is 8.66. The lowest BCUT2D eigenvalue weighted by molar-refractivity contribution is -0.0400. The summed E-state index contributed by atoms with van der Waals surface area (Å²) in [6, 6.07) is 9.53. The van der Waals surface area contributed by atoms with E-state index in [2.05, 4.69) is 26.3 Å². The molecular formula is C18H22BrN3O4. The van der Waals surface area contributed by atoms with Gasteiger partial charge in [0.1, 0.15) is 19.4 Å². The Kier molecular flexibility index (Phi) is 6.90. The maximum Gasteiger partial charge on any atom is 0.407 e. The lowest BCUT2D eigenvalue weighted by Gasteiger charge is -2.22. The van der Waals surface area contributed by atoms with Crippen molar-refractivity contribution >= 4 is 22.0 Å². The van der Waals surface area contributed by atoms with E-state index in [9.17, 15) is 4.79 Å². The van der Waals surface area contributed by atoms with Crippen molar-refractivity contribution in [2.24, 2.45) is 0 Å². The number of halogens is 1. The minimum Gasteiger partial charge on any atom is -0.474 e. The van der Waals surface area contributed by atoms with Gasteiger partial charge in [0.25, 0.3) is 0 Å². The van der Waals surface area contributed by atoms with Gasteiger partial charge in [-0.25, -0.2) is 9.48 Å². The molecule has 1 saturated heterocycles. The second-order valence-electron chi connectivity index (χ2n) is 5.92. The average molecular weight is 424 g/mol. The van der Waals surface area contributed by atoms with E-state index in [1.807, 2.05) is 36.5 Å². The first-order chi connectivity index (χ1) is 12.7. The molecule has 1 aliphatic heterocycles. The minimum absolute atomic E-state index is 0.0384. The molecule has 2 heterocycles. The molecule has 26 heavy (non-hydrogen) atoms. The van der Waals surface area contributed by atoms with Crippen molar-refractivity contribution in [3.63, 3.8) is 0 Å². The van der Waals surface area contributed by atoms with Gasteiger partial charge in [0, 0.05) is 12.8 Å². The smallest absolute Gasteiger partial charge is 0.407 e. The number of carbonyl (C=O) groups is 1. The third kappa shape index (κ3) is 5.47. The summed E-state index contributed by atoms with van der Waals surface area (Å²) >= 11 is 3.44. The number of rotatable bonds is 7. The van der Waals surface area contributed by atoms with E-state index in [4.69, 9.17) is 14.2 Å². The van der Waals surface area contributed by atoms with Crippen LogP contribution in [0.25, 0.3) is 0 Å². The summed E-state index contributed by atoms with van der Waals surface area (Å²) in [4.78, 5) is 11.7. The molecule has 0 radical (unpaired) electrons. The summed E-state index contributed by atoms with van der Waals surface area (Å²) < 4.78 is 19.0. The number of nitrogens with one attached hydrogen (secondary N) is 1. The van der Waals surface area contributed by atoms with Crippen molar-refractivity contribution in [3.05, 3.63) is 46.6 Å². The van der Waals surface area contributed by atoms with E-state index in [1.54, 1.807) is 4.68 Å². The largest absolute Gasteiger partial charge is 0.474 e. The SMILES string of the molecule is O=C(NCCOc1nn(C2CCCCO2)cc1Br)OCc1ccccc1. The van der Waals surface area contributed by atoms with E-state index in [0.717, 1.165) is 35.9 Å². The summed E-state index contributed by atoms with van der Waals surface area (Å²) in [5.74, 6) is 0.485. The van der Waals surface area contributed by atoms with Crippen LogP contribution < -0.4 is 10.1 Å². The molecule has 1 unspecified atom stereocenters. The molecular weight excluding hydrogens is 402 g/mol. The molecule has 0 bridgehead atoms. The number of ether oxygens (including phenoxy) is 3. The summed E-state index contributed by atoms with van der Waals surface area (Å²) in [7, 11) is 0. The maximum atomic E-state index is 11.7. The zero-order valence-corrected chi connectivity index (χ0v) is 16.0. The number of amides is 1. The number of benzene rings is 1. The Labute approximate surface area is 160 Å². The van der Waals surface area contributed by atoms with Gasteiger partial charge in [-0.05, 0) is 40.8 Å². The van der Waals surface area contributed by atoms with E-state index in [1.165, 1.54) is 0 Å². The fourth-order valence-electron chi connectivity index (χ4n) is 2.61. The summed E-state index contributed by atoms with van der Waals surface area (Å²) in [6.45, 7) is 1.62. The van der Waals surface area contributed by atoms with Crippen LogP contribution in [0.15, 0.2) is 41.0 Å². The third-order valence-corrected chi connectivity index (χ3v) is 4.47. The van der Waals surface area contributed by atoms with Crippen molar-refractivity contribution < 1.29 is 19.0 Å². The second-order valence-corrected chi connectivity index (χ2v) is 6.77. The van der Waals surface area contributed by atoms with Crippen molar-refractivity contribution in [1.29, 1.82) is 0 Å². The molecule has 1 N–H and O–H groups in total. The highest BCUT2D eigenvalue weighted by molar-refractivity contribution is 9.10. The zero-order valence-electron chi connectivity index (χ0n) is 14.4. The van der Waals surface area contributed by atoms with E-state index in [-0.39, 0.29) is 12.8 Å². The average Bonchev–Trinajstić information content (AvgIpc) is 3.06. The number of hydrogen-bond donors (Lipinski definition) is 1. The Morgan fingerprint density at radius 1 is 1.35 bits per heavy atom. The number of alkyl carbamates (subject to hydrolysis) is 1. The van der Waals surface area contributed by atoms with E-state index < -0.39 is 6.09 Å². The number of nitrogens with zero attached hydrogens (tertiary/aromatic N) is 2. The molecule has 1 aromatic carbocycles. The monoisotopic (exact) mass is 423 g/mol. The Morgan fingerprint density at radius 3 is 2.96 bits per heavy atom. The molecule has 8 heteroatoms. The maximum absolute atomic E-state index is 11.7. The van der Waals surface area contributed by atoms with Crippen molar-refractivity contribution in [2.45, 2.75) is 32.1 Å². The molecule has 1 aliphatic rings. The first kappa shape index (κ1) is 18.7. The van der Waals surface area contributed by atoms with Crippen molar-refractivity contribution in [3.8, 4) is 5.88 Å². The standard InChI is InChI=1S/C18H22BrN3O4/c19-15-12-22(16-8-4-5-10-24-16)21-17(15)25-11-9-20-18(23)26-13-14-6-2-1-3-7-14/h1-3,6-7,12,16H,4-5,8-11,13H2,(H,20,23). The highest BCUT2D eigenvalue weighted by Crippen LogP contribution is 2.28. The molecule has 0 aliphatic carbocycles. The van der Waals surface area contributed by atoms with Crippen molar-refractivity contribution in [2.75, 3.05) is 19.8 Å². The van der Waals surface area contributed by atoms with Crippen LogP contribution in [0, 0.1) is 0 Å². The Bertz CT molecular complexity index is 702. The van der Waals surface area contributed by atoms with Gasteiger partial charge < -0.3 is 19.5 Å². The quantitative estimate of drug-likeness (QED) is 0.687. The van der Waals surface area contributed by atoms with Crippen LogP contribution in [0.5, 0.6) is 5.88 Å². The molecule has 1 amide bonds. The first-order valence-corrected chi connectivity index (χ1v) is 9.45. The van der Waals surface area contributed by atoms with Gasteiger partial charge in [-0.15, -0.1) is 5.10 Å². The fraction of sp³-hybridized carbons (Fsp3) is 0.444. The van der Waals surface area contributed by atoms with Crippen LogP contribution in [-0.4, -0.2) is 35.6 Å². The predicted molar refractivity (Wildman–Crippen MR) is 98.9 cm³/mol. The normalized spacial score (nSPS) is 16.9. The molecule has 140 valence electrons.